The number of nitro groups is 1. The van der Waals surface area contributed by atoms with Crippen molar-refractivity contribution >= 4 is 23.5 Å². The number of nitrogens with zero attached hydrogens (tertiary/aromatic N) is 1. The van der Waals surface area contributed by atoms with E-state index in [1.165, 1.54) is 0 Å². The van der Waals surface area contributed by atoms with E-state index in [2.05, 4.69) is 5.32 Å². The van der Waals surface area contributed by atoms with E-state index in [1.807, 2.05) is 0 Å². The molecule has 1 rings (SSSR count). The average molecular weight is 370 g/mol. The molecule has 1 atom stereocenters. The predicted molar refractivity (Wildman–Crippen MR) is 86.8 cm³/mol. The van der Waals surface area contributed by atoms with E-state index >= 15 is 0 Å². The molecule has 0 saturated heterocycles. The molecule has 0 aliphatic heterocycles. The number of esters is 2. The van der Waals surface area contributed by atoms with Gasteiger partial charge in [-0.1, -0.05) is 0 Å². The van der Waals surface area contributed by atoms with Crippen LogP contribution in [0.4, 0.5) is 10.1 Å². The molecule has 0 saturated carbocycles. The largest absolute Gasteiger partial charge is 0.466 e. The molecule has 0 fully saturated rings. The van der Waals surface area contributed by atoms with Gasteiger partial charge in [-0.3, -0.25) is 19.7 Å². The Bertz CT molecular complexity index is 693. The smallest absolute Gasteiger partial charge is 0.328 e. The number of amides is 1. The molecule has 0 heterocycles. The summed E-state index contributed by atoms with van der Waals surface area (Å²) in [5, 5.41) is 12.9. The summed E-state index contributed by atoms with van der Waals surface area (Å²) < 4.78 is 23.2. The lowest BCUT2D eigenvalue weighted by Gasteiger charge is -2.17. The molecule has 1 N–H and O–H groups in total. The van der Waals surface area contributed by atoms with Crippen LogP contribution in [0.3, 0.4) is 0 Å². The van der Waals surface area contributed by atoms with E-state index in [0.29, 0.717) is 6.07 Å². The van der Waals surface area contributed by atoms with Gasteiger partial charge in [-0.15, -0.1) is 0 Å². The standard InChI is InChI=1S/C16H19FN2O7/c1-3-25-14(20)8-6-12(16(22)26-4-2)18-15(21)10-5-7-13(19(23)24)11(17)9-10/h5,7,9,12H,3-4,6,8H2,1-2H3,(H,18,21)/t12-/m0/s1. The molecule has 0 bridgehead atoms. The first-order valence-electron chi connectivity index (χ1n) is 7.87. The fourth-order valence-electron chi connectivity index (χ4n) is 2.02. The van der Waals surface area contributed by atoms with Crippen LogP contribution >= 0.6 is 0 Å². The third kappa shape index (κ3) is 6.11. The number of ether oxygens (including phenoxy) is 2. The summed E-state index contributed by atoms with van der Waals surface area (Å²) in [6.07, 6.45) is -0.203. The Morgan fingerprint density at radius 3 is 2.42 bits per heavy atom. The molecule has 10 heteroatoms. The highest BCUT2D eigenvalue weighted by molar-refractivity contribution is 5.97. The van der Waals surface area contributed by atoms with Crippen LogP contribution in [0, 0.1) is 15.9 Å². The van der Waals surface area contributed by atoms with E-state index < -0.39 is 40.3 Å². The van der Waals surface area contributed by atoms with Gasteiger partial charge in [0.15, 0.2) is 0 Å². The molecule has 1 amide bonds. The van der Waals surface area contributed by atoms with Crippen LogP contribution in [0.1, 0.15) is 37.0 Å². The number of hydrogen-bond donors (Lipinski definition) is 1. The van der Waals surface area contributed by atoms with Crippen molar-refractivity contribution in [2.24, 2.45) is 0 Å². The summed E-state index contributed by atoms with van der Waals surface area (Å²) in [4.78, 5) is 45.2. The van der Waals surface area contributed by atoms with Crippen molar-refractivity contribution in [3.8, 4) is 0 Å². The summed E-state index contributed by atoms with van der Waals surface area (Å²) in [6, 6.07) is 1.46. The third-order valence-electron chi connectivity index (χ3n) is 3.23. The molecule has 0 aliphatic carbocycles. The van der Waals surface area contributed by atoms with E-state index in [4.69, 9.17) is 9.47 Å². The molecule has 0 radical (unpaired) electrons. The number of carbonyl (C=O) groups excluding carboxylic acids is 3. The van der Waals surface area contributed by atoms with Crippen LogP contribution in [0.25, 0.3) is 0 Å². The Morgan fingerprint density at radius 2 is 1.88 bits per heavy atom. The molecule has 1 aromatic carbocycles. The van der Waals surface area contributed by atoms with Gasteiger partial charge in [0.1, 0.15) is 6.04 Å². The number of nitro benzene ring substituents is 1. The predicted octanol–water partition coefficient (Wildman–Crippen LogP) is 1.74. The Balaban J connectivity index is 2.86. The summed E-state index contributed by atoms with van der Waals surface area (Å²) in [5.41, 5.74) is -0.982. The van der Waals surface area contributed by atoms with Crippen molar-refractivity contribution < 1.29 is 33.2 Å². The number of carbonyl (C=O) groups is 3. The number of halogens is 1. The molecule has 0 aliphatic rings. The number of benzene rings is 1. The molecule has 0 unspecified atom stereocenters. The Hall–Kier alpha value is -3.04. The number of nitrogens with one attached hydrogen (secondary N) is 1. The highest BCUT2D eigenvalue weighted by Gasteiger charge is 2.25. The van der Waals surface area contributed by atoms with Gasteiger partial charge in [-0.25, -0.2) is 4.79 Å². The van der Waals surface area contributed by atoms with Crippen molar-refractivity contribution in [3.63, 3.8) is 0 Å². The van der Waals surface area contributed by atoms with E-state index in [-0.39, 0.29) is 31.6 Å². The first-order valence-corrected chi connectivity index (χ1v) is 7.87. The SMILES string of the molecule is CCOC(=O)CC[C@H](NC(=O)c1ccc([N+](=O)[O-])c(F)c1)C(=O)OCC. The van der Waals surface area contributed by atoms with Crippen LogP contribution in [0.2, 0.25) is 0 Å². The zero-order valence-electron chi connectivity index (χ0n) is 14.3. The molecule has 1 aromatic rings. The zero-order chi connectivity index (χ0) is 19.7. The fraction of sp³-hybridized carbons (Fsp3) is 0.438. The maximum Gasteiger partial charge on any atom is 0.328 e. The van der Waals surface area contributed by atoms with E-state index in [0.717, 1.165) is 12.1 Å². The monoisotopic (exact) mass is 370 g/mol. The molecular formula is C16H19FN2O7. The normalized spacial score (nSPS) is 11.3. The van der Waals surface area contributed by atoms with Crippen LogP contribution in [-0.4, -0.2) is 42.0 Å². The van der Waals surface area contributed by atoms with E-state index in [9.17, 15) is 28.9 Å². The average Bonchev–Trinajstić information content (AvgIpc) is 2.58. The maximum absolute atomic E-state index is 13.6. The zero-order valence-corrected chi connectivity index (χ0v) is 14.3. The van der Waals surface area contributed by atoms with Gasteiger partial charge in [-0.2, -0.15) is 4.39 Å². The number of rotatable bonds is 9. The van der Waals surface area contributed by atoms with Gasteiger partial charge >= 0.3 is 17.6 Å². The first-order chi connectivity index (χ1) is 12.3. The number of hydrogen-bond acceptors (Lipinski definition) is 7. The summed E-state index contributed by atoms with van der Waals surface area (Å²) in [6.45, 7) is 3.45. The van der Waals surface area contributed by atoms with Crippen molar-refractivity contribution in [2.45, 2.75) is 32.7 Å². The van der Waals surface area contributed by atoms with Crippen LogP contribution in [0.5, 0.6) is 0 Å². The minimum atomic E-state index is -1.18. The lowest BCUT2D eigenvalue weighted by Crippen LogP contribution is -2.42. The Labute approximate surface area is 148 Å². The van der Waals surface area contributed by atoms with Crippen LogP contribution in [-0.2, 0) is 19.1 Å². The van der Waals surface area contributed by atoms with Crippen molar-refractivity contribution in [1.82, 2.24) is 5.32 Å². The minimum Gasteiger partial charge on any atom is -0.466 e. The first kappa shape index (κ1) is 21.0. The third-order valence-corrected chi connectivity index (χ3v) is 3.23. The van der Waals surface area contributed by atoms with Crippen molar-refractivity contribution in [2.75, 3.05) is 13.2 Å². The summed E-state index contributed by atoms with van der Waals surface area (Å²) in [7, 11) is 0. The Morgan fingerprint density at radius 1 is 1.23 bits per heavy atom. The van der Waals surface area contributed by atoms with Crippen LogP contribution in [0.15, 0.2) is 18.2 Å². The second kappa shape index (κ2) is 10.1. The minimum absolute atomic E-state index is 0.0662. The Kier molecular flexibility index (Phi) is 8.13. The summed E-state index contributed by atoms with van der Waals surface area (Å²) >= 11 is 0. The molecule has 0 aromatic heterocycles. The van der Waals surface area contributed by atoms with Gasteiger partial charge in [0.25, 0.3) is 5.91 Å². The highest BCUT2D eigenvalue weighted by atomic mass is 19.1. The molecule has 0 spiro atoms. The lowest BCUT2D eigenvalue weighted by molar-refractivity contribution is -0.387. The van der Waals surface area contributed by atoms with E-state index in [1.54, 1.807) is 13.8 Å². The fourth-order valence-corrected chi connectivity index (χ4v) is 2.02. The molecule has 26 heavy (non-hydrogen) atoms. The van der Waals surface area contributed by atoms with Gasteiger partial charge in [0, 0.05) is 18.1 Å². The van der Waals surface area contributed by atoms with Crippen molar-refractivity contribution in [3.05, 3.63) is 39.7 Å². The second-order valence-electron chi connectivity index (χ2n) is 5.05. The maximum atomic E-state index is 13.6. The molecule has 9 nitrogen and oxygen atoms in total. The molecule has 142 valence electrons. The highest BCUT2D eigenvalue weighted by Crippen LogP contribution is 2.18. The van der Waals surface area contributed by atoms with Gasteiger partial charge in [0.05, 0.1) is 18.1 Å². The van der Waals surface area contributed by atoms with Gasteiger partial charge in [-0.05, 0) is 32.4 Å². The van der Waals surface area contributed by atoms with Gasteiger partial charge in [0.2, 0.25) is 5.82 Å². The molecular weight excluding hydrogens is 351 g/mol. The topological polar surface area (TPSA) is 125 Å². The van der Waals surface area contributed by atoms with Crippen molar-refractivity contribution in [1.29, 1.82) is 0 Å². The quantitative estimate of drug-likeness (QED) is 0.399. The lowest BCUT2D eigenvalue weighted by atomic mass is 10.1. The van der Waals surface area contributed by atoms with Crippen LogP contribution < -0.4 is 5.32 Å². The second-order valence-corrected chi connectivity index (χ2v) is 5.05. The summed E-state index contributed by atoms with van der Waals surface area (Å²) in [5.74, 6) is -3.31. The van der Waals surface area contributed by atoms with Gasteiger partial charge < -0.3 is 14.8 Å².